The van der Waals surface area contributed by atoms with Crippen LogP contribution in [0.3, 0.4) is 0 Å². The lowest BCUT2D eigenvalue weighted by molar-refractivity contribution is -0.202. The van der Waals surface area contributed by atoms with Crippen LogP contribution in [0.1, 0.15) is 51.0 Å². The van der Waals surface area contributed by atoms with E-state index < -0.39 is 0 Å². The Bertz CT molecular complexity index is 1070. The van der Waals surface area contributed by atoms with Gasteiger partial charge in [-0.15, -0.1) is 0 Å². The molecule has 6 rings (SSSR count). The monoisotopic (exact) mass is 507 g/mol. The molecule has 4 fully saturated rings. The van der Waals surface area contributed by atoms with Crippen molar-refractivity contribution >= 4 is 17.6 Å². The fourth-order valence-corrected chi connectivity index (χ4v) is 7.28. The summed E-state index contributed by atoms with van der Waals surface area (Å²) in [7, 11) is 0. The van der Waals surface area contributed by atoms with E-state index in [-0.39, 0.29) is 59.4 Å². The number of hydrogen-bond acceptors (Lipinski definition) is 7. The van der Waals surface area contributed by atoms with Crippen LogP contribution in [-0.2, 0) is 25.7 Å². The molecule has 37 heavy (non-hydrogen) atoms. The number of piperazine rings is 1. The molecule has 1 N–H and O–H groups in total. The highest BCUT2D eigenvalue weighted by Gasteiger charge is 2.56. The number of rotatable bonds is 4. The van der Waals surface area contributed by atoms with E-state index in [1.54, 1.807) is 19.3 Å². The minimum atomic E-state index is -0.301. The molecular formula is C28H37N5O4. The SMILES string of the molecule is CC(=O)N1CCN(C2CCC3C(=O)C(C(=O)NCc4cccnc4)=CN4C5CCCCC5OC2C34)CC1. The lowest BCUT2D eigenvalue weighted by Gasteiger charge is -2.60. The Morgan fingerprint density at radius 2 is 1.89 bits per heavy atom. The first-order chi connectivity index (χ1) is 18.0. The standard InChI is InChI=1S/C28H37N5O4/c1-18(34)31-11-13-32(14-12-31)23-9-8-20-25-27(23)37-24-7-3-2-6-22(24)33(25)17-21(26(20)35)28(36)30-16-19-5-4-10-29-15-19/h4-5,10,15,17,20,22-25,27H,2-3,6-9,11-14,16H2,1H3,(H,30,36). The van der Waals surface area contributed by atoms with Gasteiger partial charge in [0.1, 0.15) is 0 Å². The highest BCUT2D eigenvalue weighted by atomic mass is 16.5. The van der Waals surface area contributed by atoms with Gasteiger partial charge in [0.2, 0.25) is 5.91 Å². The molecule has 6 unspecified atom stereocenters. The quantitative estimate of drug-likeness (QED) is 0.617. The Morgan fingerprint density at radius 1 is 1.08 bits per heavy atom. The largest absolute Gasteiger partial charge is 0.369 e. The number of ketones is 1. The zero-order chi connectivity index (χ0) is 25.5. The lowest BCUT2D eigenvalue weighted by atomic mass is 9.70. The van der Waals surface area contributed by atoms with Crippen molar-refractivity contribution in [2.75, 3.05) is 26.2 Å². The Hall–Kier alpha value is -2.78. The third-order valence-corrected chi connectivity index (χ3v) is 9.16. The maximum absolute atomic E-state index is 13.7. The number of nitrogens with zero attached hydrogens (tertiary/aromatic N) is 4. The Balaban J connectivity index is 1.25. The topological polar surface area (TPSA) is 95.1 Å². The predicted octanol–water partition coefficient (Wildman–Crippen LogP) is 1.49. The number of fused-ring (bicyclic) bond motifs is 2. The van der Waals surface area contributed by atoms with E-state index in [4.69, 9.17) is 4.74 Å². The van der Waals surface area contributed by atoms with Crippen molar-refractivity contribution in [3.8, 4) is 0 Å². The molecule has 1 aromatic heterocycles. The highest BCUT2D eigenvalue weighted by molar-refractivity contribution is 6.20. The average Bonchev–Trinajstić information content (AvgIpc) is 2.93. The minimum absolute atomic E-state index is 0.0358. The average molecular weight is 508 g/mol. The number of hydrogen-bond donors (Lipinski definition) is 1. The van der Waals surface area contributed by atoms with E-state index in [9.17, 15) is 14.4 Å². The number of amides is 2. The van der Waals surface area contributed by atoms with Crippen LogP contribution in [0, 0.1) is 5.92 Å². The fraction of sp³-hybridized carbons (Fsp3) is 0.643. The smallest absolute Gasteiger partial charge is 0.256 e. The van der Waals surface area contributed by atoms with Gasteiger partial charge in [-0.05, 0) is 37.3 Å². The summed E-state index contributed by atoms with van der Waals surface area (Å²) in [5.74, 6) is -0.449. The number of pyridine rings is 1. The Morgan fingerprint density at radius 3 is 2.65 bits per heavy atom. The van der Waals surface area contributed by atoms with Gasteiger partial charge in [-0.25, -0.2) is 0 Å². The van der Waals surface area contributed by atoms with Crippen molar-refractivity contribution in [2.45, 2.75) is 82.3 Å². The Kier molecular flexibility index (Phi) is 6.75. The molecule has 1 aromatic rings. The van der Waals surface area contributed by atoms with Crippen LogP contribution in [0.2, 0.25) is 0 Å². The fourth-order valence-electron chi connectivity index (χ4n) is 7.28. The van der Waals surface area contributed by atoms with Gasteiger partial charge in [0.05, 0.1) is 29.9 Å². The molecule has 0 aromatic carbocycles. The molecular weight excluding hydrogens is 470 g/mol. The first kappa shape index (κ1) is 24.6. The van der Waals surface area contributed by atoms with Gasteiger partial charge in [0.25, 0.3) is 5.91 Å². The van der Waals surface area contributed by atoms with Crippen LogP contribution < -0.4 is 5.32 Å². The van der Waals surface area contributed by atoms with Gasteiger partial charge >= 0.3 is 0 Å². The molecule has 2 saturated heterocycles. The number of carbonyl (C=O) groups is 3. The highest BCUT2D eigenvalue weighted by Crippen LogP contribution is 2.46. The summed E-state index contributed by atoms with van der Waals surface area (Å²) in [5, 5.41) is 2.95. The minimum Gasteiger partial charge on any atom is -0.369 e. The van der Waals surface area contributed by atoms with E-state index in [0.29, 0.717) is 6.54 Å². The zero-order valence-electron chi connectivity index (χ0n) is 21.6. The van der Waals surface area contributed by atoms with Gasteiger partial charge in [-0.1, -0.05) is 18.9 Å². The molecule has 2 amide bonds. The van der Waals surface area contributed by atoms with Crippen LogP contribution in [0.5, 0.6) is 0 Å². The third-order valence-electron chi connectivity index (χ3n) is 9.16. The van der Waals surface area contributed by atoms with Crippen LogP contribution in [-0.4, -0.2) is 93.8 Å². The maximum Gasteiger partial charge on any atom is 0.256 e. The summed E-state index contributed by atoms with van der Waals surface area (Å²) in [4.78, 5) is 49.7. The van der Waals surface area contributed by atoms with Crippen LogP contribution in [0.4, 0.5) is 0 Å². The second-order valence-electron chi connectivity index (χ2n) is 11.2. The zero-order valence-corrected chi connectivity index (χ0v) is 21.6. The molecule has 0 bridgehead atoms. The predicted molar refractivity (Wildman–Crippen MR) is 136 cm³/mol. The summed E-state index contributed by atoms with van der Waals surface area (Å²) in [6.45, 7) is 5.13. The van der Waals surface area contributed by atoms with Crippen molar-refractivity contribution in [1.82, 2.24) is 25.0 Å². The molecule has 0 radical (unpaired) electrons. The van der Waals surface area contributed by atoms with Gasteiger partial charge in [-0.2, -0.15) is 0 Å². The number of ether oxygens (including phenoxy) is 1. The van der Waals surface area contributed by atoms with Crippen molar-refractivity contribution in [3.63, 3.8) is 0 Å². The van der Waals surface area contributed by atoms with E-state index >= 15 is 0 Å². The third kappa shape index (κ3) is 4.56. The maximum atomic E-state index is 13.7. The van der Waals surface area contributed by atoms with E-state index in [2.05, 4.69) is 20.1 Å². The van der Waals surface area contributed by atoms with E-state index in [1.165, 1.54) is 0 Å². The van der Waals surface area contributed by atoms with Crippen molar-refractivity contribution in [3.05, 3.63) is 41.9 Å². The summed E-state index contributed by atoms with van der Waals surface area (Å²) >= 11 is 0. The lowest BCUT2D eigenvalue weighted by Crippen LogP contribution is -2.71. The second kappa shape index (κ2) is 10.2. The molecule has 9 nitrogen and oxygen atoms in total. The number of carbonyl (C=O) groups excluding carboxylic acids is 3. The first-order valence-electron chi connectivity index (χ1n) is 13.9. The number of morpholine rings is 1. The van der Waals surface area contributed by atoms with Crippen molar-refractivity contribution in [2.24, 2.45) is 5.92 Å². The number of nitrogens with one attached hydrogen (secondary N) is 1. The first-order valence-corrected chi connectivity index (χ1v) is 13.9. The van der Waals surface area contributed by atoms with Gasteiger partial charge < -0.3 is 19.9 Å². The van der Waals surface area contributed by atoms with E-state index in [0.717, 1.165) is 70.3 Å². The Labute approximate surface area is 218 Å². The summed E-state index contributed by atoms with van der Waals surface area (Å²) in [6, 6.07) is 4.15. The van der Waals surface area contributed by atoms with Crippen LogP contribution >= 0.6 is 0 Å². The second-order valence-corrected chi connectivity index (χ2v) is 11.2. The molecule has 3 aliphatic heterocycles. The molecule has 2 aliphatic carbocycles. The molecule has 0 spiro atoms. The van der Waals surface area contributed by atoms with Gasteiger partial charge in [-0.3, -0.25) is 24.3 Å². The summed E-state index contributed by atoms with van der Waals surface area (Å²) < 4.78 is 6.87. The van der Waals surface area contributed by atoms with Crippen LogP contribution in [0.15, 0.2) is 36.3 Å². The van der Waals surface area contributed by atoms with Gasteiger partial charge in [0.15, 0.2) is 5.78 Å². The number of Topliss-reactive ketones (excluding diaryl/α,β-unsaturated/α-hetero) is 1. The normalized spacial score (nSPS) is 33.8. The van der Waals surface area contributed by atoms with E-state index in [1.807, 2.05) is 23.2 Å². The summed E-state index contributed by atoms with van der Waals surface area (Å²) in [5.41, 5.74) is 1.19. The molecule has 9 heteroatoms. The molecule has 6 atom stereocenters. The summed E-state index contributed by atoms with van der Waals surface area (Å²) in [6.07, 6.45) is 11.3. The van der Waals surface area contributed by atoms with Crippen molar-refractivity contribution in [1.29, 1.82) is 0 Å². The molecule has 2 saturated carbocycles. The molecule has 4 heterocycles. The molecule has 5 aliphatic rings. The molecule has 198 valence electrons. The number of aromatic nitrogens is 1. The van der Waals surface area contributed by atoms with Crippen molar-refractivity contribution < 1.29 is 19.1 Å². The van der Waals surface area contributed by atoms with Gasteiger partial charge in [0, 0.05) is 70.2 Å². The van der Waals surface area contributed by atoms with Crippen LogP contribution in [0.25, 0.3) is 0 Å².